The van der Waals surface area contributed by atoms with Crippen LogP contribution in [-0.4, -0.2) is 6.71 Å². The van der Waals surface area contributed by atoms with Crippen LogP contribution < -0.4 is 31.3 Å². The third-order valence-electron chi connectivity index (χ3n) is 17.1. The average molecular weight is 976 g/mol. The van der Waals surface area contributed by atoms with Crippen LogP contribution in [0.2, 0.25) is 0 Å². The van der Waals surface area contributed by atoms with E-state index in [0.717, 1.165) is 69.6 Å². The molecule has 74 heavy (non-hydrogen) atoms. The molecule has 378 valence electrons. The number of para-hydroxylation sites is 1. The molecule has 7 aromatic carbocycles. The van der Waals surface area contributed by atoms with Gasteiger partial charge in [-0.15, -0.1) is 0 Å². The zero-order valence-electron chi connectivity index (χ0n) is 47.5. The average Bonchev–Trinajstić information content (AvgIpc) is 3.71. The van der Waals surface area contributed by atoms with Crippen LogP contribution in [0.3, 0.4) is 0 Å². The molecular formula is C69H78BN3O. The van der Waals surface area contributed by atoms with Gasteiger partial charge in [0.15, 0.2) is 0 Å². The SMILES string of the molecule is Cc1ccccc1N(c1ccc(C(C)(C)C)cc1)c1cc2c3c(c1)N(c1ccc(C(C)(C)C)cc1)c1c(oc4cc5c(cc14)C(C)(C)CCC5(C)C)B3c1cc(C(C)(C)C)ccc1N2c1ccc(C(C)(C)C)cc1. The van der Waals surface area contributed by atoms with Crippen molar-refractivity contribution in [1.82, 2.24) is 0 Å². The second-order valence-electron chi connectivity index (χ2n) is 27.5. The van der Waals surface area contributed by atoms with E-state index < -0.39 is 0 Å². The van der Waals surface area contributed by atoms with Crippen LogP contribution in [0.5, 0.6) is 0 Å². The van der Waals surface area contributed by atoms with E-state index in [1.165, 1.54) is 60.9 Å². The minimum absolute atomic E-state index is 0.00505. The molecule has 0 amide bonds. The van der Waals surface area contributed by atoms with Gasteiger partial charge < -0.3 is 19.1 Å². The van der Waals surface area contributed by atoms with Crippen molar-refractivity contribution in [3.8, 4) is 0 Å². The quantitative estimate of drug-likeness (QED) is 0.160. The smallest absolute Gasteiger partial charge is 0.297 e. The molecule has 0 fully saturated rings. The predicted molar refractivity (Wildman–Crippen MR) is 320 cm³/mol. The first-order chi connectivity index (χ1) is 34.6. The summed E-state index contributed by atoms with van der Waals surface area (Å²) in [5, 5.41) is 1.17. The van der Waals surface area contributed by atoms with Crippen molar-refractivity contribution >= 4 is 85.5 Å². The van der Waals surface area contributed by atoms with Crippen molar-refractivity contribution in [1.29, 1.82) is 0 Å². The molecule has 1 aromatic heterocycles. The molecule has 0 radical (unpaired) electrons. The van der Waals surface area contributed by atoms with Crippen LogP contribution >= 0.6 is 0 Å². The molecule has 5 heteroatoms. The zero-order valence-corrected chi connectivity index (χ0v) is 47.5. The summed E-state index contributed by atoms with van der Waals surface area (Å²) in [6, 6.07) is 54.1. The first-order valence-corrected chi connectivity index (χ1v) is 27.3. The largest absolute Gasteiger partial charge is 0.468 e. The molecule has 2 aliphatic heterocycles. The Kier molecular flexibility index (Phi) is 11.3. The highest BCUT2D eigenvalue weighted by Crippen LogP contribution is 2.53. The minimum Gasteiger partial charge on any atom is -0.468 e. The number of anilines is 9. The Bertz CT molecular complexity index is 3490. The van der Waals surface area contributed by atoms with Crippen LogP contribution in [0.1, 0.15) is 163 Å². The van der Waals surface area contributed by atoms with E-state index in [4.69, 9.17) is 4.42 Å². The number of fused-ring (bicyclic) bond motifs is 7. The molecule has 0 saturated heterocycles. The van der Waals surface area contributed by atoms with Gasteiger partial charge in [-0.05, 0) is 175 Å². The topological polar surface area (TPSA) is 22.9 Å². The summed E-state index contributed by atoms with van der Waals surface area (Å²) in [6.45, 7) is 39.5. The van der Waals surface area contributed by atoms with E-state index in [0.29, 0.717) is 0 Å². The van der Waals surface area contributed by atoms with Gasteiger partial charge in [-0.2, -0.15) is 0 Å². The third kappa shape index (κ3) is 8.19. The Morgan fingerprint density at radius 1 is 0.486 bits per heavy atom. The van der Waals surface area contributed by atoms with Crippen molar-refractivity contribution < 1.29 is 4.42 Å². The Morgan fingerprint density at radius 3 is 1.49 bits per heavy atom. The zero-order chi connectivity index (χ0) is 52.8. The van der Waals surface area contributed by atoms with E-state index in [2.05, 4.69) is 272 Å². The molecular weight excluding hydrogens is 898 g/mol. The Hall–Kier alpha value is -6.46. The number of hydrogen-bond acceptors (Lipinski definition) is 4. The van der Waals surface area contributed by atoms with E-state index in [1.54, 1.807) is 0 Å². The summed E-state index contributed by atoms with van der Waals surface area (Å²) in [5.41, 5.74) is 23.9. The van der Waals surface area contributed by atoms with Gasteiger partial charge in [-0.1, -0.05) is 178 Å². The third-order valence-corrected chi connectivity index (χ3v) is 17.1. The van der Waals surface area contributed by atoms with Crippen LogP contribution in [0.25, 0.3) is 11.0 Å². The van der Waals surface area contributed by atoms with Gasteiger partial charge in [0, 0.05) is 45.2 Å². The van der Waals surface area contributed by atoms with Gasteiger partial charge in [0.1, 0.15) is 5.58 Å². The molecule has 1 aliphatic carbocycles. The molecule has 11 rings (SSSR count). The summed E-state index contributed by atoms with van der Waals surface area (Å²) in [5.74, 6) is 0. The van der Waals surface area contributed by atoms with Gasteiger partial charge >= 0.3 is 0 Å². The summed E-state index contributed by atoms with van der Waals surface area (Å²) in [6.07, 6.45) is 2.27. The van der Waals surface area contributed by atoms with Crippen molar-refractivity contribution in [2.24, 2.45) is 0 Å². The summed E-state index contributed by atoms with van der Waals surface area (Å²) in [7, 11) is 0. The molecule has 0 N–H and O–H groups in total. The van der Waals surface area contributed by atoms with Crippen LogP contribution in [-0.2, 0) is 32.5 Å². The first-order valence-electron chi connectivity index (χ1n) is 27.3. The molecule has 8 aromatic rings. The summed E-state index contributed by atoms with van der Waals surface area (Å²) >= 11 is 0. The fourth-order valence-electron chi connectivity index (χ4n) is 12.2. The number of aryl methyl sites for hydroxylation is 1. The molecule has 0 unspecified atom stereocenters. The second-order valence-corrected chi connectivity index (χ2v) is 27.5. The molecule has 4 nitrogen and oxygen atoms in total. The molecule has 0 bridgehead atoms. The maximum Gasteiger partial charge on any atom is 0.297 e. The van der Waals surface area contributed by atoms with Gasteiger partial charge in [0.25, 0.3) is 6.71 Å². The van der Waals surface area contributed by atoms with E-state index in [1.807, 2.05) is 0 Å². The molecule has 3 heterocycles. The van der Waals surface area contributed by atoms with E-state index in [-0.39, 0.29) is 39.2 Å². The fraction of sp³-hybridized carbons (Fsp3) is 0.362. The lowest BCUT2D eigenvalue weighted by Crippen LogP contribution is -2.61. The monoisotopic (exact) mass is 976 g/mol. The van der Waals surface area contributed by atoms with Crippen LogP contribution in [0.15, 0.2) is 144 Å². The number of benzene rings is 7. The Morgan fingerprint density at radius 2 is 0.959 bits per heavy atom. The van der Waals surface area contributed by atoms with E-state index >= 15 is 0 Å². The highest BCUT2D eigenvalue weighted by molar-refractivity contribution is 7.00. The lowest BCUT2D eigenvalue weighted by Gasteiger charge is -2.44. The number of nitrogens with zero attached hydrogens (tertiary/aromatic N) is 3. The second kappa shape index (κ2) is 16.8. The molecule has 0 saturated carbocycles. The molecule has 0 atom stereocenters. The minimum atomic E-state index is -0.194. The van der Waals surface area contributed by atoms with Crippen molar-refractivity contribution in [3.05, 3.63) is 178 Å². The standard InChI is InChI=1S/C69H78BN3O/c1-43-20-18-19-21-56(43)71(48-29-22-44(23-30-48)64(2,3)4)51-39-58-61-59(40-51)73(50-33-26-46(27-34-50)66(8,9)10)62-52-41-53-54(69(16,17)37-36-68(53,14)15)42-60(52)74-63(62)70(61)55-38-47(67(11,12)13)28-35-57(55)72(58)49-31-24-45(25-32-49)65(5,6)7/h18-35,38-42H,36-37H2,1-17H3. The number of hydrogen-bond donors (Lipinski definition) is 0. The fourth-order valence-corrected chi connectivity index (χ4v) is 12.2. The Labute approximate surface area is 443 Å². The van der Waals surface area contributed by atoms with Crippen molar-refractivity contribution in [2.45, 2.75) is 163 Å². The van der Waals surface area contributed by atoms with E-state index in [9.17, 15) is 0 Å². The Balaban J connectivity index is 1.30. The summed E-state index contributed by atoms with van der Waals surface area (Å²) in [4.78, 5) is 7.64. The van der Waals surface area contributed by atoms with Gasteiger partial charge in [0.05, 0.1) is 17.0 Å². The van der Waals surface area contributed by atoms with Crippen molar-refractivity contribution in [3.63, 3.8) is 0 Å². The normalized spacial score (nSPS) is 15.9. The highest BCUT2D eigenvalue weighted by atomic mass is 16.3. The predicted octanol–water partition coefficient (Wildman–Crippen LogP) is 17.8. The number of rotatable bonds is 5. The lowest BCUT2D eigenvalue weighted by molar-refractivity contribution is 0.332. The maximum atomic E-state index is 7.67. The van der Waals surface area contributed by atoms with Crippen LogP contribution in [0, 0.1) is 6.92 Å². The first kappa shape index (κ1) is 49.7. The van der Waals surface area contributed by atoms with Gasteiger partial charge in [-0.3, -0.25) is 0 Å². The lowest BCUT2D eigenvalue weighted by atomic mass is 9.35. The van der Waals surface area contributed by atoms with Gasteiger partial charge in [0.2, 0.25) is 0 Å². The molecule has 3 aliphatic rings. The highest BCUT2D eigenvalue weighted by Gasteiger charge is 2.49. The summed E-state index contributed by atoms with van der Waals surface area (Å²) < 4.78 is 7.67. The van der Waals surface area contributed by atoms with Gasteiger partial charge in [-0.25, -0.2) is 0 Å². The number of furan rings is 1. The van der Waals surface area contributed by atoms with Crippen molar-refractivity contribution in [2.75, 3.05) is 14.7 Å². The maximum absolute atomic E-state index is 7.67. The van der Waals surface area contributed by atoms with Crippen LogP contribution in [0.4, 0.5) is 51.2 Å². The molecule has 0 spiro atoms.